The smallest absolute Gasteiger partial charge is 0.258 e. The number of nitrogens with zero attached hydrogens (tertiary/aromatic N) is 5. The Balaban J connectivity index is 2.91. The van der Waals surface area contributed by atoms with Crippen LogP contribution in [0.15, 0.2) is 34.5 Å². The first kappa shape index (κ1) is 11.3. The van der Waals surface area contributed by atoms with Gasteiger partial charge in [0.15, 0.2) is 0 Å². The third-order valence-corrected chi connectivity index (χ3v) is 1.57. The third kappa shape index (κ3) is 2.86. The van der Waals surface area contributed by atoms with Crippen molar-refractivity contribution in [1.29, 1.82) is 10.5 Å². The molecule has 0 unspecified atom stereocenters. The van der Waals surface area contributed by atoms with Crippen LogP contribution < -0.4 is 0 Å². The van der Waals surface area contributed by atoms with E-state index in [1.807, 2.05) is 0 Å². The Morgan fingerprint density at radius 2 is 2.06 bits per heavy atom. The van der Waals surface area contributed by atoms with Gasteiger partial charge in [0.1, 0.15) is 12.1 Å². The van der Waals surface area contributed by atoms with E-state index in [1.54, 1.807) is 12.1 Å². The Morgan fingerprint density at radius 3 is 2.62 bits per heavy atom. The standard InChI is InChI=1S/C9H5N5O2/c10-5-8(6-11)13-12-7-2-1-3-9(4-7)14(15)16/h1-4,8H. The van der Waals surface area contributed by atoms with E-state index in [1.165, 1.54) is 24.3 Å². The fourth-order valence-corrected chi connectivity index (χ4v) is 0.874. The molecule has 0 N–H and O–H groups in total. The number of nitro groups is 1. The Labute approximate surface area is 90.4 Å². The predicted octanol–water partition coefficient (Wildman–Crippen LogP) is 2.09. The predicted molar refractivity (Wildman–Crippen MR) is 52.6 cm³/mol. The Kier molecular flexibility index (Phi) is 3.65. The van der Waals surface area contributed by atoms with Gasteiger partial charge in [-0.1, -0.05) is 6.07 Å². The van der Waals surface area contributed by atoms with E-state index in [0.717, 1.165) is 0 Å². The van der Waals surface area contributed by atoms with Crippen LogP contribution in [0.4, 0.5) is 11.4 Å². The molecular weight excluding hydrogens is 210 g/mol. The van der Waals surface area contributed by atoms with Gasteiger partial charge in [-0.15, -0.1) is 0 Å². The first-order valence-corrected chi connectivity index (χ1v) is 4.12. The second-order valence-corrected chi connectivity index (χ2v) is 2.65. The van der Waals surface area contributed by atoms with Crippen LogP contribution in [0.25, 0.3) is 0 Å². The lowest BCUT2D eigenvalue weighted by Gasteiger charge is -1.93. The highest BCUT2D eigenvalue weighted by Crippen LogP contribution is 2.20. The highest BCUT2D eigenvalue weighted by molar-refractivity contribution is 5.46. The highest BCUT2D eigenvalue weighted by Gasteiger charge is 2.05. The van der Waals surface area contributed by atoms with Crippen LogP contribution in [0, 0.1) is 32.8 Å². The molecule has 7 nitrogen and oxygen atoms in total. The lowest BCUT2D eigenvalue weighted by molar-refractivity contribution is -0.384. The maximum absolute atomic E-state index is 10.4. The van der Waals surface area contributed by atoms with Crippen LogP contribution in [0.3, 0.4) is 0 Å². The van der Waals surface area contributed by atoms with Crippen molar-refractivity contribution in [3.8, 4) is 12.1 Å². The number of benzene rings is 1. The zero-order valence-corrected chi connectivity index (χ0v) is 7.94. The topological polar surface area (TPSA) is 115 Å². The Bertz CT molecular complexity index is 497. The molecule has 0 aliphatic carbocycles. The molecule has 0 saturated heterocycles. The number of hydrogen-bond donors (Lipinski definition) is 0. The summed E-state index contributed by atoms with van der Waals surface area (Å²) in [5.41, 5.74) is 0.103. The summed E-state index contributed by atoms with van der Waals surface area (Å²) in [6, 6.07) is 7.46. The summed E-state index contributed by atoms with van der Waals surface area (Å²) in [4.78, 5) is 9.87. The monoisotopic (exact) mass is 215 g/mol. The molecule has 1 aromatic rings. The average Bonchev–Trinajstić information content (AvgIpc) is 2.31. The van der Waals surface area contributed by atoms with Crippen LogP contribution in [0.2, 0.25) is 0 Å². The molecule has 7 heteroatoms. The summed E-state index contributed by atoms with van der Waals surface area (Å²) >= 11 is 0. The minimum absolute atomic E-state index is 0.123. The van der Waals surface area contributed by atoms with E-state index in [4.69, 9.17) is 10.5 Å². The van der Waals surface area contributed by atoms with Gasteiger partial charge >= 0.3 is 0 Å². The minimum Gasteiger partial charge on any atom is -0.258 e. The van der Waals surface area contributed by atoms with Crippen LogP contribution in [-0.2, 0) is 0 Å². The van der Waals surface area contributed by atoms with E-state index in [0.29, 0.717) is 0 Å². The molecule has 1 rings (SSSR count). The second kappa shape index (κ2) is 5.17. The Morgan fingerprint density at radius 1 is 1.38 bits per heavy atom. The normalized spacial score (nSPS) is 9.94. The van der Waals surface area contributed by atoms with Crippen LogP contribution in [-0.4, -0.2) is 11.0 Å². The molecule has 0 fully saturated rings. The van der Waals surface area contributed by atoms with Gasteiger partial charge in [0, 0.05) is 12.1 Å². The van der Waals surface area contributed by atoms with Crippen LogP contribution in [0.5, 0.6) is 0 Å². The van der Waals surface area contributed by atoms with Gasteiger partial charge in [-0.2, -0.15) is 20.8 Å². The van der Waals surface area contributed by atoms with Gasteiger partial charge in [-0.05, 0) is 6.07 Å². The SMILES string of the molecule is N#CC(C#N)N=Nc1cccc([N+](=O)[O-])c1. The van der Waals surface area contributed by atoms with Crippen molar-refractivity contribution in [1.82, 2.24) is 0 Å². The van der Waals surface area contributed by atoms with Crippen LogP contribution in [0.1, 0.15) is 0 Å². The molecule has 16 heavy (non-hydrogen) atoms. The van der Waals surface area contributed by atoms with Crippen molar-refractivity contribution in [3.05, 3.63) is 34.4 Å². The highest BCUT2D eigenvalue weighted by atomic mass is 16.6. The molecule has 1 aromatic carbocycles. The lowest BCUT2D eigenvalue weighted by atomic mass is 10.3. The van der Waals surface area contributed by atoms with Gasteiger partial charge in [0.25, 0.3) is 5.69 Å². The van der Waals surface area contributed by atoms with Crippen molar-refractivity contribution >= 4 is 11.4 Å². The molecule has 0 saturated carbocycles. The molecule has 0 amide bonds. The quantitative estimate of drug-likeness (QED) is 0.436. The van der Waals surface area contributed by atoms with E-state index in [9.17, 15) is 10.1 Å². The molecule has 78 valence electrons. The van der Waals surface area contributed by atoms with E-state index >= 15 is 0 Å². The van der Waals surface area contributed by atoms with Crippen molar-refractivity contribution in [2.45, 2.75) is 6.04 Å². The van der Waals surface area contributed by atoms with Gasteiger partial charge < -0.3 is 0 Å². The van der Waals surface area contributed by atoms with Crippen molar-refractivity contribution in [2.24, 2.45) is 10.2 Å². The molecule has 0 spiro atoms. The van der Waals surface area contributed by atoms with Gasteiger partial charge in [0.2, 0.25) is 6.04 Å². The van der Waals surface area contributed by atoms with E-state index in [2.05, 4.69) is 10.2 Å². The first-order chi connectivity index (χ1) is 7.67. The van der Waals surface area contributed by atoms with Gasteiger partial charge in [-0.25, -0.2) is 0 Å². The number of nitriles is 2. The summed E-state index contributed by atoms with van der Waals surface area (Å²) in [7, 11) is 0. The van der Waals surface area contributed by atoms with Gasteiger partial charge in [-0.3, -0.25) is 10.1 Å². The summed E-state index contributed by atoms with van der Waals surface area (Å²) < 4.78 is 0. The van der Waals surface area contributed by atoms with Crippen molar-refractivity contribution in [2.75, 3.05) is 0 Å². The summed E-state index contributed by atoms with van der Waals surface area (Å²) in [6.07, 6.45) is 0. The second-order valence-electron chi connectivity index (χ2n) is 2.65. The summed E-state index contributed by atoms with van der Waals surface area (Å²) in [5.74, 6) is 0. The molecule has 0 atom stereocenters. The maximum atomic E-state index is 10.4. The van der Waals surface area contributed by atoms with E-state index in [-0.39, 0.29) is 11.4 Å². The molecule has 0 aliphatic rings. The van der Waals surface area contributed by atoms with Crippen molar-refractivity contribution < 1.29 is 4.92 Å². The molecular formula is C9H5N5O2. The number of hydrogen-bond acceptors (Lipinski definition) is 6. The lowest BCUT2D eigenvalue weighted by Crippen LogP contribution is -1.92. The molecule has 0 heterocycles. The Hall–Kier alpha value is -2.80. The first-order valence-electron chi connectivity index (χ1n) is 4.12. The van der Waals surface area contributed by atoms with Crippen molar-refractivity contribution in [3.63, 3.8) is 0 Å². The minimum atomic E-state index is -1.20. The molecule has 0 bridgehead atoms. The van der Waals surface area contributed by atoms with E-state index < -0.39 is 11.0 Å². The zero-order valence-electron chi connectivity index (χ0n) is 7.94. The summed E-state index contributed by atoms with van der Waals surface area (Å²) in [5, 5.41) is 34.2. The number of rotatable bonds is 3. The largest absolute Gasteiger partial charge is 0.271 e. The maximum Gasteiger partial charge on any atom is 0.271 e. The summed E-state index contributed by atoms with van der Waals surface area (Å²) in [6.45, 7) is 0. The molecule has 0 aliphatic heterocycles. The van der Waals surface area contributed by atoms with Gasteiger partial charge in [0.05, 0.1) is 10.6 Å². The number of azo groups is 1. The molecule has 0 aromatic heterocycles. The average molecular weight is 215 g/mol. The zero-order chi connectivity index (χ0) is 12.0. The number of non-ortho nitro benzene ring substituents is 1. The van der Waals surface area contributed by atoms with Crippen LogP contribution >= 0.6 is 0 Å². The fraction of sp³-hybridized carbons (Fsp3) is 0.111. The molecule has 0 radical (unpaired) electrons. The number of nitro benzene ring substituents is 1. The third-order valence-electron chi connectivity index (χ3n) is 1.57. The fourth-order valence-electron chi connectivity index (χ4n) is 0.874.